The van der Waals surface area contributed by atoms with E-state index in [1.54, 1.807) is 24.6 Å². The summed E-state index contributed by atoms with van der Waals surface area (Å²) in [7, 11) is 2.13. The molecule has 1 saturated heterocycles. The molecule has 4 aromatic rings. The van der Waals surface area contributed by atoms with Gasteiger partial charge in [0.15, 0.2) is 0 Å². The topological polar surface area (TPSA) is 65.1 Å². The van der Waals surface area contributed by atoms with Crippen molar-refractivity contribution in [3.63, 3.8) is 0 Å². The molecule has 4 heterocycles. The van der Waals surface area contributed by atoms with Crippen molar-refractivity contribution < 1.29 is 4.79 Å². The number of fused-ring (bicyclic) bond motifs is 2. The second-order valence-electron chi connectivity index (χ2n) is 8.71. The zero-order valence-corrected chi connectivity index (χ0v) is 17.8. The molecule has 2 aliphatic rings. The number of hydrogen-bond donors (Lipinski definition) is 1. The summed E-state index contributed by atoms with van der Waals surface area (Å²) in [5.74, 6) is 1.14. The largest absolute Gasteiger partial charge is 0.356 e. The number of nitrogens with zero attached hydrogens (tertiary/aromatic N) is 4. The summed E-state index contributed by atoms with van der Waals surface area (Å²) in [6.45, 7) is 2.55. The number of aromatic nitrogens is 3. The lowest BCUT2D eigenvalue weighted by atomic mass is 9.54. The molecule has 1 saturated carbocycles. The van der Waals surface area contributed by atoms with Crippen LogP contribution in [0.5, 0.6) is 0 Å². The first-order valence-corrected chi connectivity index (χ1v) is 11.2. The van der Waals surface area contributed by atoms with Crippen molar-refractivity contribution in [3.8, 4) is 0 Å². The number of H-pyrrole nitrogens is 1. The van der Waals surface area contributed by atoms with Crippen LogP contribution in [-0.4, -0.2) is 45.4 Å². The molecule has 0 bridgehead atoms. The lowest BCUT2D eigenvalue weighted by Gasteiger charge is -2.65. The van der Waals surface area contributed by atoms with Gasteiger partial charge in [0.25, 0.3) is 0 Å². The first-order valence-electron chi connectivity index (χ1n) is 10.3. The van der Waals surface area contributed by atoms with E-state index in [1.807, 2.05) is 12.3 Å². The molecule has 3 aromatic heterocycles. The predicted molar refractivity (Wildman–Crippen MR) is 120 cm³/mol. The van der Waals surface area contributed by atoms with Crippen molar-refractivity contribution in [2.75, 3.05) is 18.5 Å². The summed E-state index contributed by atoms with van der Waals surface area (Å²) >= 11 is 1.78. The number of nitrogens with one attached hydrogen (secondary N) is 1. The van der Waals surface area contributed by atoms with Crippen LogP contribution in [0.4, 0.5) is 5.82 Å². The van der Waals surface area contributed by atoms with Gasteiger partial charge in [-0.2, -0.15) is 0 Å². The first kappa shape index (κ1) is 17.9. The second kappa shape index (κ2) is 6.28. The van der Waals surface area contributed by atoms with E-state index in [0.29, 0.717) is 6.04 Å². The number of likely N-dealkylation sites (tertiary alicyclic amines) is 1. The minimum atomic E-state index is 0.165. The highest BCUT2D eigenvalue weighted by molar-refractivity contribution is 7.17. The fourth-order valence-electron chi connectivity index (χ4n) is 5.55. The van der Waals surface area contributed by atoms with Gasteiger partial charge in [-0.05, 0) is 41.3 Å². The van der Waals surface area contributed by atoms with Gasteiger partial charge in [0.1, 0.15) is 17.8 Å². The number of hydrogen-bond acceptors (Lipinski definition) is 5. The SMILES string of the molecule is CC(=O)N1CC2(CC(N(C)c3ncnc4[nH]ccc34)C2)C1c1csc2ccccc12. The Labute approximate surface area is 178 Å². The Morgan fingerprint density at radius 3 is 2.90 bits per heavy atom. The molecule has 1 unspecified atom stereocenters. The highest BCUT2D eigenvalue weighted by Crippen LogP contribution is 2.62. The normalized spacial score (nSPS) is 25.5. The summed E-state index contributed by atoms with van der Waals surface area (Å²) in [4.78, 5) is 28.7. The average Bonchev–Trinajstić information content (AvgIpc) is 3.33. The molecule has 1 aliphatic carbocycles. The van der Waals surface area contributed by atoms with Gasteiger partial charge >= 0.3 is 0 Å². The zero-order chi connectivity index (χ0) is 20.5. The van der Waals surface area contributed by atoms with Gasteiger partial charge in [0, 0.05) is 42.9 Å². The molecule has 2 fully saturated rings. The van der Waals surface area contributed by atoms with Crippen LogP contribution in [0, 0.1) is 5.41 Å². The van der Waals surface area contributed by atoms with E-state index in [4.69, 9.17) is 0 Å². The van der Waals surface area contributed by atoms with E-state index in [9.17, 15) is 4.79 Å². The Balaban J connectivity index is 1.30. The van der Waals surface area contributed by atoms with Gasteiger partial charge < -0.3 is 14.8 Å². The van der Waals surface area contributed by atoms with Gasteiger partial charge in [-0.3, -0.25) is 4.79 Å². The molecule has 152 valence electrons. The maximum Gasteiger partial charge on any atom is 0.220 e. The summed E-state index contributed by atoms with van der Waals surface area (Å²) in [5.41, 5.74) is 2.35. The molecule has 1 aromatic carbocycles. The third kappa shape index (κ3) is 2.38. The Bertz CT molecular complexity index is 1270. The summed E-state index contributed by atoms with van der Waals surface area (Å²) in [5, 5.41) is 4.61. The van der Waals surface area contributed by atoms with E-state index >= 15 is 0 Å². The van der Waals surface area contributed by atoms with Crippen molar-refractivity contribution in [2.24, 2.45) is 5.41 Å². The third-order valence-corrected chi connectivity index (χ3v) is 8.07. The fraction of sp³-hybridized carbons (Fsp3) is 0.348. The highest BCUT2D eigenvalue weighted by atomic mass is 32.1. The maximum atomic E-state index is 12.3. The van der Waals surface area contributed by atoms with Gasteiger partial charge in [0.05, 0.1) is 11.4 Å². The quantitative estimate of drug-likeness (QED) is 0.538. The van der Waals surface area contributed by atoms with E-state index in [2.05, 4.69) is 61.4 Å². The summed E-state index contributed by atoms with van der Waals surface area (Å²) in [6.07, 6.45) is 5.67. The Hall–Kier alpha value is -2.93. The summed E-state index contributed by atoms with van der Waals surface area (Å²) < 4.78 is 1.29. The zero-order valence-electron chi connectivity index (χ0n) is 17.0. The van der Waals surface area contributed by atoms with Crippen LogP contribution < -0.4 is 4.90 Å². The predicted octanol–water partition coefficient (Wildman–Crippen LogP) is 4.36. The number of carbonyl (C=O) groups is 1. The molecule has 1 atom stereocenters. The number of anilines is 1. The van der Waals surface area contributed by atoms with E-state index in [0.717, 1.165) is 36.2 Å². The number of carbonyl (C=O) groups excluding carboxylic acids is 1. The van der Waals surface area contributed by atoms with Gasteiger partial charge in [0.2, 0.25) is 5.91 Å². The van der Waals surface area contributed by atoms with Gasteiger partial charge in [-0.15, -0.1) is 11.3 Å². The van der Waals surface area contributed by atoms with Crippen LogP contribution >= 0.6 is 11.3 Å². The van der Waals surface area contributed by atoms with Crippen molar-refractivity contribution in [1.82, 2.24) is 19.9 Å². The maximum absolute atomic E-state index is 12.3. The molecule has 1 amide bonds. The Morgan fingerprint density at radius 1 is 1.23 bits per heavy atom. The average molecular weight is 418 g/mol. The minimum Gasteiger partial charge on any atom is -0.356 e. The number of rotatable bonds is 3. The number of thiophene rings is 1. The molecule has 0 radical (unpaired) electrons. The standard InChI is InChI=1S/C23H23N5OS/c1-14(29)28-12-23(20(28)18-11-30-19-6-4-3-5-16(18)19)9-15(10-23)27(2)22-17-7-8-24-21(17)25-13-26-22/h3-8,11,13,15,20H,9-10,12H2,1-2H3,(H,24,25,26). The fourth-order valence-corrected chi connectivity index (χ4v) is 6.53. The molecule has 7 heteroatoms. The lowest BCUT2D eigenvalue weighted by Crippen LogP contribution is -2.68. The van der Waals surface area contributed by atoms with Crippen molar-refractivity contribution >= 4 is 44.2 Å². The van der Waals surface area contributed by atoms with Crippen molar-refractivity contribution in [1.29, 1.82) is 0 Å². The lowest BCUT2D eigenvalue weighted by molar-refractivity contribution is -0.169. The van der Waals surface area contributed by atoms with E-state index < -0.39 is 0 Å². The number of aromatic amines is 1. The molecule has 1 spiro atoms. The molecule has 6 nitrogen and oxygen atoms in total. The van der Waals surface area contributed by atoms with Crippen LogP contribution in [0.1, 0.15) is 31.4 Å². The van der Waals surface area contributed by atoms with Crippen LogP contribution in [0.2, 0.25) is 0 Å². The monoisotopic (exact) mass is 417 g/mol. The molecule has 1 aliphatic heterocycles. The summed E-state index contributed by atoms with van der Waals surface area (Å²) in [6, 6.07) is 11.2. The molecule has 1 N–H and O–H groups in total. The molecular formula is C23H23N5OS. The van der Waals surface area contributed by atoms with Gasteiger partial charge in [-0.25, -0.2) is 9.97 Å². The second-order valence-corrected chi connectivity index (χ2v) is 9.62. The third-order valence-electron chi connectivity index (χ3n) is 7.09. The van der Waals surface area contributed by atoms with E-state index in [-0.39, 0.29) is 17.4 Å². The van der Waals surface area contributed by atoms with Crippen LogP contribution in [0.25, 0.3) is 21.1 Å². The minimum absolute atomic E-state index is 0.165. The van der Waals surface area contributed by atoms with Crippen molar-refractivity contribution in [2.45, 2.75) is 31.8 Å². The Kier molecular flexibility index (Phi) is 3.75. The highest BCUT2D eigenvalue weighted by Gasteiger charge is 2.62. The number of amides is 1. The van der Waals surface area contributed by atoms with Crippen LogP contribution in [0.3, 0.4) is 0 Å². The molecule has 6 rings (SSSR count). The first-order chi connectivity index (χ1) is 14.6. The molecule has 30 heavy (non-hydrogen) atoms. The van der Waals surface area contributed by atoms with Gasteiger partial charge in [-0.1, -0.05) is 18.2 Å². The van der Waals surface area contributed by atoms with Crippen LogP contribution in [-0.2, 0) is 4.79 Å². The van der Waals surface area contributed by atoms with Crippen LogP contribution in [0.15, 0.2) is 48.2 Å². The van der Waals surface area contributed by atoms with E-state index in [1.165, 1.54) is 15.6 Å². The molecular weight excluding hydrogens is 394 g/mol. The number of benzene rings is 1. The van der Waals surface area contributed by atoms with Crippen molar-refractivity contribution in [3.05, 3.63) is 53.8 Å². The smallest absolute Gasteiger partial charge is 0.220 e. The Morgan fingerprint density at radius 2 is 2.07 bits per heavy atom.